The molecule has 3 N–H and O–H groups in total. The van der Waals surface area contributed by atoms with E-state index in [1.807, 2.05) is 94.6 Å². The van der Waals surface area contributed by atoms with Crippen molar-refractivity contribution < 1.29 is 9.53 Å². The van der Waals surface area contributed by atoms with Gasteiger partial charge in [0.15, 0.2) is 0 Å². The van der Waals surface area contributed by atoms with Gasteiger partial charge in [-0.1, -0.05) is 61.8 Å². The fourth-order valence-electron chi connectivity index (χ4n) is 4.13. The lowest BCUT2D eigenvalue weighted by Crippen LogP contribution is -2.37. The highest BCUT2D eigenvalue weighted by Crippen LogP contribution is 2.26. The molecule has 0 saturated heterocycles. The van der Waals surface area contributed by atoms with Crippen LogP contribution in [-0.2, 0) is 11.3 Å². The largest absolute Gasteiger partial charge is 0.444 e. The van der Waals surface area contributed by atoms with Crippen molar-refractivity contribution in [1.82, 2.24) is 19.9 Å². The summed E-state index contributed by atoms with van der Waals surface area (Å²) in [4.78, 5) is 32.9. The molecule has 1 unspecified atom stereocenters. The number of amides is 1. The van der Waals surface area contributed by atoms with E-state index in [1.165, 1.54) is 0 Å². The van der Waals surface area contributed by atoms with Crippen LogP contribution in [-0.4, -0.2) is 38.8 Å². The zero-order valence-corrected chi connectivity index (χ0v) is 23.8. The fraction of sp³-hybridized carbons (Fsp3) is 0.414. The van der Waals surface area contributed by atoms with Crippen LogP contribution in [0.2, 0.25) is 5.02 Å². The third kappa shape index (κ3) is 7.28. The molecular weight excluding hydrogens is 502 g/mol. The van der Waals surface area contributed by atoms with Gasteiger partial charge in [-0.15, -0.1) is 0 Å². The molecule has 9 heteroatoms. The molecule has 0 aliphatic heterocycles. The van der Waals surface area contributed by atoms with Gasteiger partial charge in [0.05, 0.1) is 12.1 Å². The number of carbonyl (C=O) groups is 1. The number of carbonyl (C=O) groups excluding carboxylic acids is 1. The highest BCUT2D eigenvalue weighted by Gasteiger charge is 2.19. The zero-order chi connectivity index (χ0) is 27.9. The average Bonchev–Trinajstić information content (AvgIpc) is 3.22. The summed E-state index contributed by atoms with van der Waals surface area (Å²) in [6, 6.07) is 15.2. The maximum atomic E-state index is 13.1. The van der Waals surface area contributed by atoms with Crippen LogP contribution in [0.4, 0.5) is 10.7 Å². The average molecular weight is 540 g/mol. The number of halogens is 1. The SMILES string of the molecule is CC.CC(CCCNc1nc2c3ccccc3[nH]c(=O)c2n1Cc1ccccc1Cl)NC(=O)OC(C)(C)C. The second kappa shape index (κ2) is 12.8. The third-order valence-electron chi connectivity index (χ3n) is 5.76. The number of H-pyrrole nitrogens is 1. The van der Waals surface area contributed by atoms with Crippen LogP contribution < -0.4 is 16.2 Å². The van der Waals surface area contributed by atoms with E-state index in [-0.39, 0.29) is 11.6 Å². The molecule has 4 rings (SSSR count). The number of ether oxygens (including phenoxy) is 1. The Morgan fingerprint density at radius 2 is 1.82 bits per heavy atom. The maximum Gasteiger partial charge on any atom is 0.407 e. The highest BCUT2D eigenvalue weighted by atomic mass is 35.5. The Bertz CT molecular complexity index is 1440. The van der Waals surface area contributed by atoms with Crippen LogP contribution in [0, 0.1) is 0 Å². The topological polar surface area (TPSA) is 101 Å². The van der Waals surface area contributed by atoms with E-state index in [0.717, 1.165) is 29.3 Å². The Balaban J connectivity index is 0.00000195. The molecule has 2 aromatic carbocycles. The minimum Gasteiger partial charge on any atom is -0.444 e. The number of nitrogens with one attached hydrogen (secondary N) is 3. The first-order chi connectivity index (χ1) is 18.1. The van der Waals surface area contributed by atoms with Crippen LogP contribution in [0.5, 0.6) is 0 Å². The number of rotatable bonds is 8. The monoisotopic (exact) mass is 539 g/mol. The van der Waals surface area contributed by atoms with Crippen LogP contribution in [0.15, 0.2) is 53.3 Å². The van der Waals surface area contributed by atoms with Gasteiger partial charge in [0, 0.05) is 23.0 Å². The molecule has 0 aliphatic rings. The molecule has 0 spiro atoms. The van der Waals surface area contributed by atoms with Crippen molar-refractivity contribution in [3.63, 3.8) is 0 Å². The van der Waals surface area contributed by atoms with Crippen molar-refractivity contribution in [2.24, 2.45) is 0 Å². The van der Waals surface area contributed by atoms with E-state index >= 15 is 0 Å². The molecule has 0 aliphatic carbocycles. The second-order valence-electron chi connectivity index (χ2n) is 9.93. The molecule has 1 atom stereocenters. The van der Waals surface area contributed by atoms with E-state index in [4.69, 9.17) is 21.3 Å². The lowest BCUT2D eigenvalue weighted by atomic mass is 10.2. The summed E-state index contributed by atoms with van der Waals surface area (Å²) in [5, 5.41) is 7.77. The first kappa shape index (κ1) is 29.0. The molecule has 4 aromatic rings. The minimum atomic E-state index is -0.534. The number of benzene rings is 2. The van der Waals surface area contributed by atoms with E-state index in [1.54, 1.807) is 0 Å². The predicted octanol–water partition coefficient (Wildman–Crippen LogP) is 6.71. The van der Waals surface area contributed by atoms with Crippen LogP contribution in [0.3, 0.4) is 0 Å². The Hall–Kier alpha value is -3.52. The van der Waals surface area contributed by atoms with Crippen molar-refractivity contribution in [1.29, 1.82) is 0 Å². The number of alkyl carbamates (subject to hydrolysis) is 1. The lowest BCUT2D eigenvalue weighted by molar-refractivity contribution is 0.0506. The molecule has 0 radical (unpaired) electrons. The first-order valence-electron chi connectivity index (χ1n) is 13.1. The van der Waals surface area contributed by atoms with Crippen LogP contribution >= 0.6 is 11.6 Å². The number of aromatic nitrogens is 3. The van der Waals surface area contributed by atoms with Gasteiger partial charge in [0.2, 0.25) is 5.95 Å². The summed E-state index contributed by atoms with van der Waals surface area (Å²) in [6.45, 7) is 12.5. The molecule has 2 heterocycles. The van der Waals surface area contributed by atoms with Gasteiger partial charge < -0.3 is 24.9 Å². The maximum absolute atomic E-state index is 13.1. The molecule has 0 bridgehead atoms. The molecular formula is C29H38ClN5O3. The van der Waals surface area contributed by atoms with Crippen LogP contribution in [0.1, 0.15) is 59.9 Å². The minimum absolute atomic E-state index is 0.0459. The van der Waals surface area contributed by atoms with E-state index < -0.39 is 11.7 Å². The molecule has 0 fully saturated rings. The summed E-state index contributed by atoms with van der Waals surface area (Å²) >= 11 is 6.44. The van der Waals surface area contributed by atoms with Gasteiger partial charge in [0.25, 0.3) is 5.56 Å². The highest BCUT2D eigenvalue weighted by molar-refractivity contribution is 6.31. The number of anilines is 1. The zero-order valence-electron chi connectivity index (χ0n) is 23.0. The van der Waals surface area contributed by atoms with Crippen molar-refractivity contribution in [2.45, 2.75) is 72.6 Å². The molecule has 0 saturated carbocycles. The van der Waals surface area contributed by atoms with Crippen molar-refractivity contribution in [3.05, 3.63) is 69.5 Å². The summed E-state index contributed by atoms with van der Waals surface area (Å²) in [6.07, 6.45) is 1.11. The summed E-state index contributed by atoms with van der Waals surface area (Å²) in [5.41, 5.74) is 2.04. The molecule has 1 amide bonds. The standard InChI is InChI=1S/C27H32ClN5O3.C2H6/c1-17(30-26(35)36-27(2,3)4)10-9-15-29-25-32-22-19-12-6-8-14-21(19)31-24(34)23(22)33(25)16-18-11-5-7-13-20(18)28;1-2/h5-8,11-14,17H,9-10,15-16H2,1-4H3,(H,29,32)(H,30,35)(H,31,34);1-2H3. The van der Waals surface area contributed by atoms with Crippen molar-refractivity contribution >= 4 is 45.6 Å². The number of para-hydroxylation sites is 1. The summed E-state index contributed by atoms with van der Waals surface area (Å²) in [7, 11) is 0. The lowest BCUT2D eigenvalue weighted by Gasteiger charge is -2.22. The van der Waals surface area contributed by atoms with E-state index in [2.05, 4.69) is 15.6 Å². The number of imidazole rings is 1. The number of pyridine rings is 1. The number of hydrogen-bond acceptors (Lipinski definition) is 5. The smallest absolute Gasteiger partial charge is 0.407 e. The van der Waals surface area contributed by atoms with Gasteiger partial charge in [-0.25, -0.2) is 9.78 Å². The van der Waals surface area contributed by atoms with Gasteiger partial charge >= 0.3 is 6.09 Å². The number of nitrogens with zero attached hydrogens (tertiary/aromatic N) is 2. The van der Waals surface area contributed by atoms with Gasteiger partial charge in [-0.05, 0) is 58.2 Å². The first-order valence-corrected chi connectivity index (χ1v) is 13.5. The van der Waals surface area contributed by atoms with Gasteiger partial charge in [-0.2, -0.15) is 0 Å². The van der Waals surface area contributed by atoms with Crippen LogP contribution in [0.25, 0.3) is 21.9 Å². The van der Waals surface area contributed by atoms with Crippen molar-refractivity contribution in [2.75, 3.05) is 11.9 Å². The fourth-order valence-corrected chi connectivity index (χ4v) is 4.32. The van der Waals surface area contributed by atoms with E-state index in [0.29, 0.717) is 35.1 Å². The second-order valence-corrected chi connectivity index (χ2v) is 10.3. The Morgan fingerprint density at radius 1 is 1.13 bits per heavy atom. The Kier molecular flexibility index (Phi) is 9.80. The van der Waals surface area contributed by atoms with Crippen molar-refractivity contribution in [3.8, 4) is 0 Å². The Labute approximate surface area is 228 Å². The third-order valence-corrected chi connectivity index (χ3v) is 6.13. The summed E-state index contributed by atoms with van der Waals surface area (Å²) in [5.74, 6) is 0.597. The predicted molar refractivity (Wildman–Crippen MR) is 156 cm³/mol. The number of fused-ring (bicyclic) bond motifs is 3. The quantitative estimate of drug-likeness (QED) is 0.216. The molecule has 204 valence electrons. The number of hydrogen-bond donors (Lipinski definition) is 3. The normalized spacial score (nSPS) is 12.1. The Morgan fingerprint density at radius 3 is 2.53 bits per heavy atom. The number of aromatic amines is 1. The molecule has 2 aromatic heterocycles. The van der Waals surface area contributed by atoms with Gasteiger partial charge in [0.1, 0.15) is 16.6 Å². The summed E-state index contributed by atoms with van der Waals surface area (Å²) < 4.78 is 7.20. The molecule has 38 heavy (non-hydrogen) atoms. The van der Waals surface area contributed by atoms with Gasteiger partial charge in [-0.3, -0.25) is 4.79 Å². The van der Waals surface area contributed by atoms with E-state index in [9.17, 15) is 9.59 Å². The molecule has 8 nitrogen and oxygen atoms in total.